The van der Waals surface area contributed by atoms with E-state index in [1.807, 2.05) is 0 Å². The number of aliphatic carboxylic acids is 1. The van der Waals surface area contributed by atoms with Crippen LogP contribution in [0.5, 0.6) is 0 Å². The number of nitrogens with zero attached hydrogens (tertiary/aromatic N) is 2. The number of sulfonamides is 1. The molecule has 8 heteroatoms. The monoisotopic (exact) mass is 388 g/mol. The van der Waals surface area contributed by atoms with Crippen LogP contribution in [-0.4, -0.2) is 60.9 Å². The summed E-state index contributed by atoms with van der Waals surface area (Å²) in [5.41, 5.74) is 0. The van der Waals surface area contributed by atoms with E-state index in [0.717, 1.165) is 35.0 Å². The number of hydrogen-bond acceptors (Lipinski definition) is 5. The lowest BCUT2D eigenvalue weighted by molar-refractivity contribution is -0.143. The first-order valence-electron chi connectivity index (χ1n) is 8.97. The van der Waals surface area contributed by atoms with Gasteiger partial charge in [-0.05, 0) is 24.4 Å². The van der Waals surface area contributed by atoms with E-state index in [4.69, 9.17) is 0 Å². The minimum absolute atomic E-state index is 0.211. The SMILES string of the molecule is CCCCCCCCN1CCN(S(=O)(=O)c2cccs2)C(C(=O)O)C1. The number of carboxylic acids is 1. The second-order valence-corrected chi connectivity index (χ2v) is 9.54. The third-order valence-corrected chi connectivity index (χ3v) is 7.87. The van der Waals surface area contributed by atoms with Crippen LogP contribution in [0, 0.1) is 0 Å². The van der Waals surface area contributed by atoms with Crippen LogP contribution >= 0.6 is 11.3 Å². The largest absolute Gasteiger partial charge is 0.480 e. The summed E-state index contributed by atoms with van der Waals surface area (Å²) in [5, 5.41) is 11.2. The number of carboxylic acid groups (broad SMARTS) is 1. The van der Waals surface area contributed by atoms with Crippen LogP contribution in [0.25, 0.3) is 0 Å². The van der Waals surface area contributed by atoms with Crippen molar-refractivity contribution in [1.29, 1.82) is 0 Å². The molecular formula is C17H28N2O4S2. The van der Waals surface area contributed by atoms with Crippen molar-refractivity contribution in [3.05, 3.63) is 17.5 Å². The Bertz CT molecular complexity index is 631. The minimum atomic E-state index is -3.73. The molecule has 0 saturated carbocycles. The Kier molecular flexibility index (Phi) is 7.86. The Morgan fingerprint density at radius 3 is 2.60 bits per heavy atom. The van der Waals surface area contributed by atoms with Gasteiger partial charge in [-0.2, -0.15) is 4.31 Å². The Hall–Kier alpha value is -0.960. The molecule has 1 aromatic heterocycles. The molecule has 0 amide bonds. The smallest absolute Gasteiger partial charge is 0.323 e. The Balaban J connectivity index is 1.91. The predicted molar refractivity (Wildman–Crippen MR) is 99.5 cm³/mol. The van der Waals surface area contributed by atoms with Crippen molar-refractivity contribution in [2.45, 2.75) is 55.7 Å². The van der Waals surface area contributed by atoms with Crippen LogP contribution in [0.3, 0.4) is 0 Å². The van der Waals surface area contributed by atoms with Gasteiger partial charge in [-0.25, -0.2) is 8.42 Å². The summed E-state index contributed by atoms with van der Waals surface area (Å²) in [4.78, 5) is 13.7. The molecule has 1 aliphatic heterocycles. The zero-order valence-electron chi connectivity index (χ0n) is 14.8. The number of piperazine rings is 1. The molecule has 1 N–H and O–H groups in total. The van der Waals surface area contributed by atoms with Crippen molar-refractivity contribution in [2.75, 3.05) is 26.2 Å². The molecule has 142 valence electrons. The van der Waals surface area contributed by atoms with Gasteiger partial charge < -0.3 is 5.11 Å². The van der Waals surface area contributed by atoms with E-state index in [-0.39, 0.29) is 17.3 Å². The van der Waals surface area contributed by atoms with E-state index in [0.29, 0.717) is 6.54 Å². The fraction of sp³-hybridized carbons (Fsp3) is 0.706. The lowest BCUT2D eigenvalue weighted by atomic mass is 10.1. The molecule has 2 heterocycles. The number of unbranched alkanes of at least 4 members (excludes halogenated alkanes) is 5. The zero-order valence-corrected chi connectivity index (χ0v) is 16.4. The van der Waals surface area contributed by atoms with E-state index in [2.05, 4.69) is 11.8 Å². The lowest BCUT2D eigenvalue weighted by Crippen LogP contribution is -2.58. The normalized spacial score (nSPS) is 20.0. The number of rotatable bonds is 10. The molecule has 1 unspecified atom stereocenters. The van der Waals surface area contributed by atoms with Gasteiger partial charge in [0.15, 0.2) is 0 Å². The van der Waals surface area contributed by atoms with E-state index in [9.17, 15) is 18.3 Å². The van der Waals surface area contributed by atoms with Gasteiger partial charge in [-0.3, -0.25) is 9.69 Å². The third-order valence-electron chi connectivity index (χ3n) is 4.59. The summed E-state index contributed by atoms with van der Waals surface area (Å²) in [6.07, 6.45) is 7.13. The maximum atomic E-state index is 12.7. The van der Waals surface area contributed by atoms with Crippen molar-refractivity contribution < 1.29 is 18.3 Å². The quantitative estimate of drug-likeness (QED) is 0.624. The van der Waals surface area contributed by atoms with Crippen LogP contribution in [0.15, 0.2) is 21.7 Å². The molecule has 1 atom stereocenters. The van der Waals surface area contributed by atoms with Crippen LogP contribution < -0.4 is 0 Å². The average Bonchev–Trinajstić information content (AvgIpc) is 3.13. The second-order valence-electron chi connectivity index (χ2n) is 6.47. The topological polar surface area (TPSA) is 77.9 Å². The van der Waals surface area contributed by atoms with E-state index < -0.39 is 22.0 Å². The van der Waals surface area contributed by atoms with Crippen LogP contribution in [-0.2, 0) is 14.8 Å². The second kappa shape index (κ2) is 9.66. The Labute approximate surface area is 154 Å². The van der Waals surface area contributed by atoms with Crippen molar-refractivity contribution in [3.8, 4) is 0 Å². The van der Waals surface area contributed by atoms with Gasteiger partial charge in [0.05, 0.1) is 0 Å². The highest BCUT2D eigenvalue weighted by molar-refractivity contribution is 7.91. The number of hydrogen-bond donors (Lipinski definition) is 1. The predicted octanol–water partition coefficient (Wildman–Crippen LogP) is 2.87. The summed E-state index contributed by atoms with van der Waals surface area (Å²) >= 11 is 1.13. The van der Waals surface area contributed by atoms with Gasteiger partial charge in [0, 0.05) is 19.6 Å². The molecule has 2 rings (SSSR count). The van der Waals surface area contributed by atoms with Crippen LogP contribution in [0.4, 0.5) is 0 Å². The summed E-state index contributed by atoms with van der Waals surface area (Å²) in [7, 11) is -3.73. The molecule has 0 radical (unpaired) electrons. The standard InChI is InChI=1S/C17H28N2O4S2/c1-2-3-4-5-6-7-10-18-11-12-19(15(14-18)17(20)21)25(22,23)16-9-8-13-24-16/h8-9,13,15H,2-7,10-12,14H2,1H3,(H,20,21). The molecule has 1 saturated heterocycles. The Morgan fingerprint density at radius 1 is 1.24 bits per heavy atom. The van der Waals surface area contributed by atoms with Gasteiger partial charge in [0.2, 0.25) is 0 Å². The molecule has 6 nitrogen and oxygen atoms in total. The third kappa shape index (κ3) is 5.51. The number of carbonyl (C=O) groups is 1. The lowest BCUT2D eigenvalue weighted by Gasteiger charge is -2.38. The van der Waals surface area contributed by atoms with Gasteiger partial charge >= 0.3 is 5.97 Å². The van der Waals surface area contributed by atoms with E-state index >= 15 is 0 Å². The molecule has 25 heavy (non-hydrogen) atoms. The van der Waals surface area contributed by atoms with Gasteiger partial charge in [0.1, 0.15) is 10.3 Å². The summed E-state index contributed by atoms with van der Waals surface area (Å²) in [6, 6.07) is 2.19. The molecule has 1 fully saturated rings. The number of thiophene rings is 1. The summed E-state index contributed by atoms with van der Waals surface area (Å²) in [5.74, 6) is -1.08. The van der Waals surface area contributed by atoms with Crippen molar-refractivity contribution in [2.24, 2.45) is 0 Å². The highest BCUT2D eigenvalue weighted by Crippen LogP contribution is 2.25. The molecule has 1 aromatic rings. The van der Waals surface area contributed by atoms with E-state index in [1.54, 1.807) is 11.4 Å². The van der Waals surface area contributed by atoms with E-state index in [1.165, 1.54) is 31.7 Å². The molecule has 0 spiro atoms. The van der Waals surface area contributed by atoms with Gasteiger partial charge in [0.25, 0.3) is 10.0 Å². The molecule has 1 aliphatic rings. The Morgan fingerprint density at radius 2 is 1.96 bits per heavy atom. The van der Waals surface area contributed by atoms with Gasteiger partial charge in [-0.1, -0.05) is 45.1 Å². The zero-order chi connectivity index (χ0) is 18.3. The first kappa shape index (κ1) is 20.4. The fourth-order valence-corrected chi connectivity index (χ4v) is 5.84. The molecule has 0 aliphatic carbocycles. The maximum Gasteiger partial charge on any atom is 0.323 e. The highest BCUT2D eigenvalue weighted by atomic mass is 32.2. The van der Waals surface area contributed by atoms with Crippen LogP contribution in [0.1, 0.15) is 45.4 Å². The maximum absolute atomic E-state index is 12.7. The first-order valence-corrected chi connectivity index (χ1v) is 11.3. The van der Waals surface area contributed by atoms with Crippen molar-refractivity contribution in [1.82, 2.24) is 9.21 Å². The average molecular weight is 389 g/mol. The van der Waals surface area contributed by atoms with Crippen molar-refractivity contribution in [3.63, 3.8) is 0 Å². The van der Waals surface area contributed by atoms with Crippen molar-refractivity contribution >= 4 is 27.3 Å². The first-order chi connectivity index (χ1) is 12.0. The minimum Gasteiger partial charge on any atom is -0.480 e. The fourth-order valence-electron chi connectivity index (χ4n) is 3.16. The molecule has 0 aromatic carbocycles. The van der Waals surface area contributed by atoms with Gasteiger partial charge in [-0.15, -0.1) is 11.3 Å². The molecular weight excluding hydrogens is 360 g/mol. The summed E-state index contributed by atoms with van der Waals surface area (Å²) in [6.45, 7) is 4.10. The van der Waals surface area contributed by atoms with Crippen LogP contribution in [0.2, 0.25) is 0 Å². The molecule has 0 bridgehead atoms. The highest BCUT2D eigenvalue weighted by Gasteiger charge is 2.40. The summed E-state index contributed by atoms with van der Waals surface area (Å²) < 4.78 is 26.7.